The Kier molecular flexibility index (Phi) is 7.79. The molecule has 0 unspecified atom stereocenters. The Morgan fingerprint density at radius 2 is 2.06 bits per heavy atom. The first-order valence-corrected chi connectivity index (χ1v) is 10.7. The number of hydrogen-bond acceptors (Lipinski definition) is 8. The topological polar surface area (TPSA) is 105 Å². The van der Waals surface area contributed by atoms with Crippen LogP contribution in [0.15, 0.2) is 18.5 Å². The van der Waals surface area contributed by atoms with E-state index in [-0.39, 0.29) is 17.6 Å². The van der Waals surface area contributed by atoms with Crippen LogP contribution in [0.25, 0.3) is 5.70 Å². The van der Waals surface area contributed by atoms with Gasteiger partial charge in [-0.25, -0.2) is 10.8 Å². The van der Waals surface area contributed by atoms with Gasteiger partial charge in [0.15, 0.2) is 6.29 Å². The van der Waals surface area contributed by atoms with Crippen molar-refractivity contribution in [1.82, 2.24) is 9.99 Å². The van der Waals surface area contributed by atoms with Gasteiger partial charge in [0, 0.05) is 23.4 Å². The maximum Gasteiger partial charge on any atom is 0.176 e. The zero-order chi connectivity index (χ0) is 22.4. The Hall–Kier alpha value is -2.31. The number of ether oxygens (including phenoxy) is 4. The van der Waals surface area contributed by atoms with Crippen molar-refractivity contribution < 1.29 is 18.9 Å². The lowest BCUT2D eigenvalue weighted by Crippen LogP contribution is -2.44. The molecular formula is C23H34N4O4. The van der Waals surface area contributed by atoms with Crippen molar-refractivity contribution in [2.75, 3.05) is 26.4 Å². The molecule has 0 amide bonds. The van der Waals surface area contributed by atoms with Crippen LogP contribution in [0, 0.1) is 17.3 Å². The summed E-state index contributed by atoms with van der Waals surface area (Å²) in [4.78, 5) is 4.49. The van der Waals surface area contributed by atoms with E-state index in [9.17, 15) is 0 Å². The minimum absolute atomic E-state index is 0.00924. The van der Waals surface area contributed by atoms with Gasteiger partial charge in [-0.15, -0.1) is 0 Å². The molecule has 8 heteroatoms. The Labute approximate surface area is 184 Å². The zero-order valence-electron chi connectivity index (χ0n) is 18.9. The van der Waals surface area contributed by atoms with E-state index in [4.69, 9.17) is 30.5 Å². The van der Waals surface area contributed by atoms with Crippen LogP contribution in [0.5, 0.6) is 5.75 Å². The zero-order valence-corrected chi connectivity index (χ0v) is 18.9. The molecule has 1 saturated carbocycles. The summed E-state index contributed by atoms with van der Waals surface area (Å²) in [5.74, 6) is 12.8. The predicted molar refractivity (Wildman–Crippen MR) is 118 cm³/mol. The van der Waals surface area contributed by atoms with Crippen molar-refractivity contribution in [3.8, 4) is 17.6 Å². The van der Waals surface area contributed by atoms with Crippen molar-refractivity contribution in [3.05, 3.63) is 29.7 Å². The molecule has 170 valence electrons. The standard InChI is InChI=1S/C23H34N4O4/c1-16(2)28-9-5-6-17-10-20(31-18-7-8-18)22(26-11-17)19(24)12-27(25)13-21-29-14-23(3,4)15-30-21/h10-12,16,18,21H,7-9,13-15,24-25H2,1-4H3/b19-12-. The second-order valence-electron chi connectivity index (χ2n) is 9.05. The van der Waals surface area contributed by atoms with Gasteiger partial charge in [-0.3, -0.25) is 0 Å². The van der Waals surface area contributed by atoms with Gasteiger partial charge in [0.25, 0.3) is 0 Å². The molecule has 0 spiro atoms. The molecule has 1 aliphatic carbocycles. The van der Waals surface area contributed by atoms with Crippen LogP contribution in [0.4, 0.5) is 0 Å². The van der Waals surface area contributed by atoms with Crippen LogP contribution in [-0.2, 0) is 14.2 Å². The molecule has 2 aliphatic rings. The predicted octanol–water partition coefficient (Wildman–Crippen LogP) is 2.23. The Morgan fingerprint density at radius 1 is 1.35 bits per heavy atom. The molecule has 0 bridgehead atoms. The first-order chi connectivity index (χ1) is 14.7. The van der Waals surface area contributed by atoms with Gasteiger partial charge in [-0.1, -0.05) is 25.7 Å². The molecule has 1 saturated heterocycles. The monoisotopic (exact) mass is 430 g/mol. The van der Waals surface area contributed by atoms with Gasteiger partial charge in [-0.2, -0.15) is 0 Å². The van der Waals surface area contributed by atoms with Crippen molar-refractivity contribution >= 4 is 5.70 Å². The lowest BCUT2D eigenvalue weighted by molar-refractivity contribution is -0.225. The number of nitrogens with zero attached hydrogens (tertiary/aromatic N) is 2. The summed E-state index contributed by atoms with van der Waals surface area (Å²) in [6.45, 7) is 10.1. The SMILES string of the molecule is CC(C)OCC#Cc1cnc(/C(N)=C/N(N)CC2OCC(C)(C)CO2)c(OC2CC2)c1. The maximum atomic E-state index is 6.31. The van der Waals surface area contributed by atoms with E-state index in [0.717, 1.165) is 18.4 Å². The number of hydrogen-bond donors (Lipinski definition) is 2. The van der Waals surface area contributed by atoms with Crippen molar-refractivity contribution in [1.29, 1.82) is 0 Å². The molecule has 0 aromatic carbocycles. The van der Waals surface area contributed by atoms with E-state index < -0.39 is 6.29 Å². The molecule has 0 atom stereocenters. The molecule has 1 aromatic rings. The van der Waals surface area contributed by atoms with E-state index in [0.29, 0.717) is 43.5 Å². The summed E-state index contributed by atoms with van der Waals surface area (Å²) < 4.78 is 22.9. The third kappa shape index (κ3) is 7.71. The molecule has 3 rings (SSSR count). The molecule has 8 nitrogen and oxygen atoms in total. The lowest BCUT2D eigenvalue weighted by atomic mass is 9.96. The summed E-state index contributed by atoms with van der Waals surface area (Å²) in [7, 11) is 0. The van der Waals surface area contributed by atoms with Gasteiger partial charge in [0.05, 0.1) is 37.7 Å². The van der Waals surface area contributed by atoms with Crippen LogP contribution < -0.4 is 16.3 Å². The summed E-state index contributed by atoms with van der Waals surface area (Å²) in [6, 6.07) is 1.86. The normalized spacial score (nSPS) is 19.1. The van der Waals surface area contributed by atoms with Gasteiger partial charge >= 0.3 is 0 Å². The minimum atomic E-state index is -0.400. The second-order valence-corrected chi connectivity index (χ2v) is 9.05. The maximum absolute atomic E-state index is 6.31. The number of nitrogens with two attached hydrogens (primary N) is 2. The summed E-state index contributed by atoms with van der Waals surface area (Å²) in [5, 5.41) is 1.46. The van der Waals surface area contributed by atoms with Crippen molar-refractivity contribution in [2.45, 2.75) is 59.0 Å². The summed E-state index contributed by atoms with van der Waals surface area (Å²) in [6.07, 6.45) is 5.28. The van der Waals surface area contributed by atoms with Gasteiger partial charge in [0.1, 0.15) is 18.1 Å². The highest BCUT2D eigenvalue weighted by Gasteiger charge is 2.29. The molecule has 1 aliphatic heterocycles. The summed E-state index contributed by atoms with van der Waals surface area (Å²) in [5.41, 5.74) is 8.00. The first-order valence-electron chi connectivity index (χ1n) is 10.7. The number of pyridine rings is 1. The van der Waals surface area contributed by atoms with E-state index >= 15 is 0 Å². The average Bonchev–Trinajstić information content (AvgIpc) is 3.51. The molecule has 0 radical (unpaired) electrons. The van der Waals surface area contributed by atoms with Crippen molar-refractivity contribution in [3.63, 3.8) is 0 Å². The highest BCUT2D eigenvalue weighted by atomic mass is 16.7. The fraction of sp³-hybridized carbons (Fsp3) is 0.609. The molecule has 2 fully saturated rings. The fourth-order valence-electron chi connectivity index (χ4n) is 2.83. The number of aromatic nitrogens is 1. The second kappa shape index (κ2) is 10.3. The molecule has 1 aromatic heterocycles. The first kappa shape index (κ1) is 23.4. The highest BCUT2D eigenvalue weighted by Crippen LogP contribution is 2.31. The molecule has 31 heavy (non-hydrogen) atoms. The summed E-state index contributed by atoms with van der Waals surface area (Å²) >= 11 is 0. The smallest absolute Gasteiger partial charge is 0.176 e. The van der Waals surface area contributed by atoms with Gasteiger partial charge < -0.3 is 29.7 Å². The Morgan fingerprint density at radius 3 is 2.71 bits per heavy atom. The van der Waals surface area contributed by atoms with Gasteiger partial charge in [0.2, 0.25) is 0 Å². The van der Waals surface area contributed by atoms with Crippen LogP contribution in [-0.4, -0.2) is 54.9 Å². The fourth-order valence-corrected chi connectivity index (χ4v) is 2.83. The Bertz CT molecular complexity index is 830. The minimum Gasteiger partial charge on any atom is -0.488 e. The third-order valence-corrected chi connectivity index (χ3v) is 4.65. The average molecular weight is 431 g/mol. The quantitative estimate of drug-likeness (QED) is 0.368. The van der Waals surface area contributed by atoms with E-state index in [1.165, 1.54) is 5.01 Å². The van der Waals surface area contributed by atoms with Crippen LogP contribution in [0.3, 0.4) is 0 Å². The Balaban J connectivity index is 1.67. The molecule has 2 heterocycles. The van der Waals surface area contributed by atoms with E-state index in [2.05, 4.69) is 30.7 Å². The molecule has 4 N–H and O–H groups in total. The van der Waals surface area contributed by atoms with E-state index in [1.54, 1.807) is 12.4 Å². The van der Waals surface area contributed by atoms with Crippen LogP contribution in [0.2, 0.25) is 0 Å². The van der Waals surface area contributed by atoms with Crippen LogP contribution in [0.1, 0.15) is 51.8 Å². The van der Waals surface area contributed by atoms with Gasteiger partial charge in [-0.05, 0) is 32.8 Å². The van der Waals surface area contributed by atoms with E-state index in [1.807, 2.05) is 19.9 Å². The highest BCUT2D eigenvalue weighted by molar-refractivity contribution is 5.65. The number of hydrazine groups is 1. The number of rotatable bonds is 8. The largest absolute Gasteiger partial charge is 0.488 e. The lowest BCUT2D eigenvalue weighted by Gasteiger charge is -2.35. The molecular weight excluding hydrogens is 396 g/mol. The third-order valence-electron chi connectivity index (χ3n) is 4.65. The van der Waals surface area contributed by atoms with Crippen molar-refractivity contribution in [2.24, 2.45) is 17.0 Å². The van der Waals surface area contributed by atoms with Crippen LogP contribution >= 0.6 is 0 Å².